The molecule has 0 aliphatic heterocycles. The second-order valence-electron chi connectivity index (χ2n) is 6.10. The lowest BCUT2D eigenvalue weighted by atomic mass is 10.2. The van der Waals surface area contributed by atoms with Crippen molar-refractivity contribution in [3.8, 4) is 5.75 Å². The van der Waals surface area contributed by atoms with Crippen LogP contribution in [0.1, 0.15) is 21.5 Å². The summed E-state index contributed by atoms with van der Waals surface area (Å²) in [7, 11) is 0. The molecule has 7 nitrogen and oxygen atoms in total. The van der Waals surface area contributed by atoms with Crippen molar-refractivity contribution in [1.29, 1.82) is 0 Å². The minimum Gasteiger partial charge on any atom is -0.488 e. The van der Waals surface area contributed by atoms with Gasteiger partial charge >= 0.3 is 0 Å². The van der Waals surface area contributed by atoms with E-state index in [9.17, 15) is 14.9 Å². The summed E-state index contributed by atoms with van der Waals surface area (Å²) in [5.41, 5.74) is 3.91. The molecule has 0 atom stereocenters. The molecule has 0 saturated heterocycles. The number of non-ortho nitro benzene ring substituents is 1. The summed E-state index contributed by atoms with van der Waals surface area (Å²) in [6, 6.07) is 18.1. The Kier molecular flexibility index (Phi) is 7.16. The molecule has 152 valence electrons. The monoisotopic (exact) mass is 487 g/mol. The van der Waals surface area contributed by atoms with E-state index in [1.54, 1.807) is 24.3 Å². The van der Waals surface area contributed by atoms with Crippen LogP contribution in [0.3, 0.4) is 0 Å². The fourth-order valence-corrected chi connectivity index (χ4v) is 2.98. The number of carbonyl (C=O) groups excluding carboxylic acids is 1. The van der Waals surface area contributed by atoms with Crippen LogP contribution in [0.4, 0.5) is 5.69 Å². The van der Waals surface area contributed by atoms with Crippen LogP contribution in [0, 0.1) is 10.1 Å². The summed E-state index contributed by atoms with van der Waals surface area (Å²) in [5.74, 6) is 0.00933. The molecule has 0 heterocycles. The van der Waals surface area contributed by atoms with Crippen molar-refractivity contribution in [3.63, 3.8) is 0 Å². The van der Waals surface area contributed by atoms with Crippen molar-refractivity contribution >= 4 is 45.3 Å². The molecule has 0 unspecified atom stereocenters. The maximum atomic E-state index is 12.2. The molecule has 0 bridgehead atoms. The van der Waals surface area contributed by atoms with E-state index < -0.39 is 10.8 Å². The second-order valence-corrected chi connectivity index (χ2v) is 7.46. The summed E-state index contributed by atoms with van der Waals surface area (Å²) in [5, 5.41) is 15.4. The van der Waals surface area contributed by atoms with Crippen molar-refractivity contribution < 1.29 is 14.5 Å². The summed E-state index contributed by atoms with van der Waals surface area (Å²) in [4.78, 5) is 22.5. The number of hydrazone groups is 1. The molecule has 30 heavy (non-hydrogen) atoms. The highest BCUT2D eigenvalue weighted by atomic mass is 79.9. The molecule has 3 rings (SSSR count). The number of amides is 1. The minimum absolute atomic E-state index is 0.134. The smallest absolute Gasteiger partial charge is 0.271 e. The molecule has 0 saturated carbocycles. The molecule has 0 aliphatic carbocycles. The third-order valence-corrected chi connectivity index (χ3v) is 4.71. The van der Waals surface area contributed by atoms with Crippen molar-refractivity contribution in [2.45, 2.75) is 6.61 Å². The Morgan fingerprint density at radius 3 is 2.67 bits per heavy atom. The SMILES string of the molecule is O=C(N/N=C\c1cc(Br)ccc1OCc1ccc(Cl)cc1)c1cccc([N+](=O)[O-])c1. The lowest BCUT2D eigenvalue weighted by Gasteiger charge is -2.10. The van der Waals surface area contributed by atoms with Gasteiger partial charge in [0.25, 0.3) is 11.6 Å². The maximum Gasteiger partial charge on any atom is 0.271 e. The highest BCUT2D eigenvalue weighted by Gasteiger charge is 2.11. The standard InChI is InChI=1S/C21H15BrClN3O4/c22-17-6-9-20(30-13-14-4-7-18(23)8-5-14)16(10-17)12-24-25-21(27)15-2-1-3-19(11-15)26(28)29/h1-12H,13H2,(H,25,27)/b24-12-. The number of nitrogens with one attached hydrogen (secondary N) is 1. The topological polar surface area (TPSA) is 93.8 Å². The number of nitro groups is 1. The first-order valence-electron chi connectivity index (χ1n) is 8.67. The quantitative estimate of drug-likeness (QED) is 0.275. The molecule has 0 aliphatic rings. The number of nitrogens with zero attached hydrogens (tertiary/aromatic N) is 2. The van der Waals surface area contributed by atoms with Crippen LogP contribution in [0.15, 0.2) is 76.3 Å². The van der Waals surface area contributed by atoms with E-state index in [1.807, 2.05) is 18.2 Å². The first-order valence-corrected chi connectivity index (χ1v) is 9.84. The first-order chi connectivity index (χ1) is 14.4. The fourth-order valence-electron chi connectivity index (χ4n) is 2.48. The van der Waals surface area contributed by atoms with Gasteiger partial charge in [-0.25, -0.2) is 5.43 Å². The molecule has 1 N–H and O–H groups in total. The molecule has 3 aromatic rings. The van der Waals surface area contributed by atoms with Gasteiger partial charge in [0.05, 0.1) is 11.1 Å². The molecule has 0 radical (unpaired) electrons. The van der Waals surface area contributed by atoms with Crippen LogP contribution in [-0.2, 0) is 6.61 Å². The Hall–Kier alpha value is -3.23. The fraction of sp³-hybridized carbons (Fsp3) is 0.0476. The van der Waals surface area contributed by atoms with Gasteiger partial charge in [-0.15, -0.1) is 0 Å². The van der Waals surface area contributed by atoms with Crippen molar-refractivity contribution in [1.82, 2.24) is 5.43 Å². The van der Waals surface area contributed by atoms with Crippen molar-refractivity contribution in [2.24, 2.45) is 5.10 Å². The molecule has 0 fully saturated rings. The van der Waals surface area contributed by atoms with Gasteiger partial charge in [0.2, 0.25) is 0 Å². The Morgan fingerprint density at radius 2 is 1.93 bits per heavy atom. The summed E-state index contributed by atoms with van der Waals surface area (Å²) >= 11 is 9.29. The van der Waals surface area contributed by atoms with E-state index in [1.165, 1.54) is 30.5 Å². The number of benzene rings is 3. The predicted octanol–water partition coefficient (Wildman–Crippen LogP) is 5.35. The van der Waals surface area contributed by atoms with Crippen LogP contribution in [0.2, 0.25) is 5.02 Å². The molecule has 3 aromatic carbocycles. The minimum atomic E-state index is -0.564. The Morgan fingerprint density at radius 1 is 1.17 bits per heavy atom. The van der Waals surface area contributed by atoms with Gasteiger partial charge in [-0.1, -0.05) is 45.7 Å². The van der Waals surface area contributed by atoms with Crippen molar-refractivity contribution in [2.75, 3.05) is 0 Å². The normalized spacial score (nSPS) is 10.7. The Balaban J connectivity index is 1.69. The Bertz CT molecular complexity index is 1100. The molecule has 9 heteroatoms. The van der Waals surface area contributed by atoms with Crippen LogP contribution in [0.5, 0.6) is 5.75 Å². The first kappa shape index (κ1) is 21.5. The van der Waals surface area contributed by atoms with E-state index in [4.69, 9.17) is 16.3 Å². The van der Waals surface area contributed by atoms with Crippen LogP contribution in [-0.4, -0.2) is 17.0 Å². The average Bonchev–Trinajstić information content (AvgIpc) is 2.74. The summed E-state index contributed by atoms with van der Waals surface area (Å²) < 4.78 is 6.67. The number of hydrogen-bond acceptors (Lipinski definition) is 5. The average molecular weight is 489 g/mol. The zero-order valence-electron chi connectivity index (χ0n) is 15.4. The van der Waals surface area contributed by atoms with E-state index in [0.717, 1.165) is 10.0 Å². The van der Waals surface area contributed by atoms with Gasteiger partial charge in [-0.2, -0.15) is 5.10 Å². The van der Waals surface area contributed by atoms with Crippen LogP contribution >= 0.6 is 27.5 Å². The van der Waals surface area contributed by atoms with Crippen LogP contribution < -0.4 is 10.2 Å². The summed E-state index contributed by atoms with van der Waals surface area (Å²) in [6.07, 6.45) is 1.44. The van der Waals surface area contributed by atoms with Gasteiger partial charge < -0.3 is 4.74 Å². The van der Waals surface area contributed by atoms with Gasteiger partial charge in [0.15, 0.2) is 0 Å². The van der Waals surface area contributed by atoms with Gasteiger partial charge in [0, 0.05) is 32.8 Å². The zero-order chi connectivity index (χ0) is 21.5. The van der Waals surface area contributed by atoms with Crippen LogP contribution in [0.25, 0.3) is 0 Å². The third kappa shape index (κ3) is 5.88. The van der Waals surface area contributed by atoms with E-state index in [0.29, 0.717) is 22.9 Å². The van der Waals surface area contributed by atoms with Gasteiger partial charge in [-0.05, 0) is 42.0 Å². The molecule has 1 amide bonds. The lowest BCUT2D eigenvalue weighted by Crippen LogP contribution is -2.17. The van der Waals surface area contributed by atoms with Crippen molar-refractivity contribution in [3.05, 3.63) is 103 Å². The number of halogens is 2. The van der Waals surface area contributed by atoms with E-state index in [2.05, 4.69) is 26.5 Å². The highest BCUT2D eigenvalue weighted by Crippen LogP contribution is 2.23. The number of hydrogen-bond donors (Lipinski definition) is 1. The summed E-state index contributed by atoms with van der Waals surface area (Å²) in [6.45, 7) is 0.333. The van der Waals surface area contributed by atoms with Gasteiger partial charge in [-0.3, -0.25) is 14.9 Å². The zero-order valence-corrected chi connectivity index (χ0v) is 17.8. The molecule has 0 spiro atoms. The Labute approximate surface area is 185 Å². The third-order valence-electron chi connectivity index (χ3n) is 3.97. The molecule has 0 aromatic heterocycles. The second kappa shape index (κ2) is 10.00. The van der Waals surface area contributed by atoms with E-state index in [-0.39, 0.29) is 11.3 Å². The largest absolute Gasteiger partial charge is 0.488 e. The lowest BCUT2D eigenvalue weighted by molar-refractivity contribution is -0.384. The predicted molar refractivity (Wildman–Crippen MR) is 118 cm³/mol. The molecular weight excluding hydrogens is 474 g/mol. The van der Waals surface area contributed by atoms with E-state index >= 15 is 0 Å². The number of carbonyl (C=O) groups is 1. The number of ether oxygens (including phenoxy) is 1. The number of rotatable bonds is 7. The molecular formula is C21H15BrClN3O4. The maximum absolute atomic E-state index is 12.2. The van der Waals surface area contributed by atoms with Gasteiger partial charge in [0.1, 0.15) is 12.4 Å². The highest BCUT2D eigenvalue weighted by molar-refractivity contribution is 9.10. The number of nitro benzene ring substituents is 1.